The van der Waals surface area contributed by atoms with E-state index in [2.05, 4.69) is 0 Å². The van der Waals surface area contributed by atoms with E-state index < -0.39 is 35.2 Å². The van der Waals surface area contributed by atoms with Crippen molar-refractivity contribution in [2.45, 2.75) is 32.0 Å². The molecule has 1 unspecified atom stereocenters. The van der Waals surface area contributed by atoms with Crippen LogP contribution in [0.25, 0.3) is 0 Å². The highest BCUT2D eigenvalue weighted by Crippen LogP contribution is 2.46. The van der Waals surface area contributed by atoms with Gasteiger partial charge in [-0.2, -0.15) is 18.4 Å². The molecule has 1 heterocycles. The van der Waals surface area contributed by atoms with Crippen LogP contribution in [0.2, 0.25) is 0 Å². The normalized spacial score (nSPS) is 19.6. The zero-order valence-electron chi connectivity index (χ0n) is 17.4. The smallest absolute Gasteiger partial charge is 0.416 e. The number of Topliss-reactive ketones (excluding diaryl/α,β-unsaturated/α-hetero) is 1. The first-order valence-corrected chi connectivity index (χ1v) is 11.4. The number of carbonyl (C=O) groups is 2. The topological polar surface area (TPSA) is 87.5 Å². The molecule has 0 saturated heterocycles. The molecular weight excluding hydrogens is 455 g/mol. The van der Waals surface area contributed by atoms with Gasteiger partial charge in [-0.1, -0.05) is 18.2 Å². The second-order valence-electron chi connectivity index (χ2n) is 7.52. The Hall–Kier alpha value is -3.29. The number of benzene rings is 2. The van der Waals surface area contributed by atoms with E-state index in [1.165, 1.54) is 24.3 Å². The molecule has 10 heteroatoms. The summed E-state index contributed by atoms with van der Waals surface area (Å²) >= 11 is -1.85. The van der Waals surface area contributed by atoms with Crippen molar-refractivity contribution in [3.8, 4) is 6.07 Å². The lowest BCUT2D eigenvalue weighted by Crippen LogP contribution is -2.52. The number of amides is 2. The molecule has 2 atom stereocenters. The van der Waals surface area contributed by atoms with Crippen molar-refractivity contribution in [3.05, 3.63) is 76.5 Å². The Labute approximate surface area is 191 Å². The average molecular weight is 473 g/mol. The fourth-order valence-electron chi connectivity index (χ4n) is 4.12. The Kier molecular flexibility index (Phi) is 5.95. The SMILES string of the molecule is CC[S@@+]([O-])N1C(=O)N(c2cccc(C(F)(F)F)c2)C2=C(C(=O)CC2)C1c1ccc(C#N)cc1. The summed E-state index contributed by atoms with van der Waals surface area (Å²) < 4.78 is 54.0. The van der Waals surface area contributed by atoms with Crippen molar-refractivity contribution >= 4 is 28.9 Å². The lowest BCUT2D eigenvalue weighted by molar-refractivity contribution is -0.137. The van der Waals surface area contributed by atoms with Gasteiger partial charge in [0.05, 0.1) is 34.2 Å². The van der Waals surface area contributed by atoms with Crippen molar-refractivity contribution < 1.29 is 27.3 Å². The van der Waals surface area contributed by atoms with E-state index in [0.717, 1.165) is 21.3 Å². The molecule has 0 radical (unpaired) electrons. The number of halogens is 3. The van der Waals surface area contributed by atoms with Crippen LogP contribution >= 0.6 is 0 Å². The molecular formula is C23H18F3N3O3S. The molecule has 2 amide bonds. The van der Waals surface area contributed by atoms with Gasteiger partial charge in [-0.15, -0.1) is 4.31 Å². The predicted molar refractivity (Wildman–Crippen MR) is 115 cm³/mol. The van der Waals surface area contributed by atoms with Crippen molar-refractivity contribution in [2.75, 3.05) is 10.7 Å². The van der Waals surface area contributed by atoms with Gasteiger partial charge >= 0.3 is 12.2 Å². The van der Waals surface area contributed by atoms with Crippen LogP contribution in [0, 0.1) is 11.3 Å². The van der Waals surface area contributed by atoms with Gasteiger partial charge in [0.25, 0.3) is 0 Å². The summed E-state index contributed by atoms with van der Waals surface area (Å²) in [5.41, 5.74) is 0.434. The zero-order chi connectivity index (χ0) is 23.9. The van der Waals surface area contributed by atoms with E-state index in [-0.39, 0.29) is 35.6 Å². The maximum atomic E-state index is 13.6. The van der Waals surface area contributed by atoms with E-state index in [1.54, 1.807) is 19.1 Å². The third-order valence-corrected chi connectivity index (χ3v) is 6.91. The fraction of sp³-hybridized carbons (Fsp3) is 0.261. The van der Waals surface area contributed by atoms with Gasteiger partial charge in [-0.25, -0.2) is 4.79 Å². The van der Waals surface area contributed by atoms with Crippen LogP contribution in [0.15, 0.2) is 59.8 Å². The molecule has 0 N–H and O–H groups in total. The minimum Gasteiger partial charge on any atom is -0.593 e. The predicted octanol–water partition coefficient (Wildman–Crippen LogP) is 4.86. The molecule has 1 aliphatic heterocycles. The van der Waals surface area contributed by atoms with Gasteiger partial charge in [0.1, 0.15) is 11.8 Å². The highest BCUT2D eigenvalue weighted by molar-refractivity contribution is 7.89. The highest BCUT2D eigenvalue weighted by Gasteiger charge is 2.50. The van der Waals surface area contributed by atoms with E-state index in [0.29, 0.717) is 16.8 Å². The molecule has 1 aliphatic carbocycles. The average Bonchev–Trinajstić information content (AvgIpc) is 3.18. The first kappa shape index (κ1) is 22.9. The quantitative estimate of drug-likeness (QED) is 0.594. The summed E-state index contributed by atoms with van der Waals surface area (Å²) in [4.78, 5) is 27.6. The summed E-state index contributed by atoms with van der Waals surface area (Å²) in [5.74, 6) is -0.201. The van der Waals surface area contributed by atoms with Gasteiger partial charge in [0.15, 0.2) is 5.78 Å². The minimum atomic E-state index is -4.62. The standard InChI is InChI=1S/C23H18F3N3O3S/c1-2-33(32)29-21(15-8-6-14(13-27)7-9-15)20-18(10-11-19(20)30)28(22(29)31)17-5-3-4-16(12-17)23(24,25)26/h3-9,12,21H,2,10-11H2,1H3/t21?,33-/m1/s1. The molecule has 2 aromatic rings. The number of rotatable bonds is 4. The van der Waals surface area contributed by atoms with Gasteiger partial charge in [-0.3, -0.25) is 9.69 Å². The number of alkyl halides is 3. The molecule has 0 aromatic heterocycles. The Bertz CT molecular complexity index is 1190. The van der Waals surface area contributed by atoms with Crippen LogP contribution in [-0.4, -0.2) is 26.4 Å². The first-order valence-electron chi connectivity index (χ1n) is 10.1. The second-order valence-corrected chi connectivity index (χ2v) is 9.14. The number of nitrogens with zero attached hydrogens (tertiary/aromatic N) is 3. The molecule has 6 nitrogen and oxygen atoms in total. The maximum Gasteiger partial charge on any atom is 0.416 e. The fourth-order valence-corrected chi connectivity index (χ4v) is 5.12. The largest absolute Gasteiger partial charge is 0.593 e. The third kappa shape index (κ3) is 3.98. The number of carbonyl (C=O) groups excluding carboxylic acids is 2. The van der Waals surface area contributed by atoms with Crippen molar-refractivity contribution in [1.29, 1.82) is 5.26 Å². The molecule has 33 heavy (non-hydrogen) atoms. The van der Waals surface area contributed by atoms with E-state index in [1.807, 2.05) is 6.07 Å². The molecule has 0 bridgehead atoms. The van der Waals surface area contributed by atoms with Gasteiger partial charge in [0.2, 0.25) is 0 Å². The Morgan fingerprint density at radius 1 is 1.15 bits per heavy atom. The van der Waals surface area contributed by atoms with Crippen molar-refractivity contribution in [1.82, 2.24) is 4.31 Å². The molecule has 2 aromatic carbocycles. The molecule has 0 fully saturated rings. The van der Waals surface area contributed by atoms with Crippen LogP contribution in [0.3, 0.4) is 0 Å². The molecule has 0 saturated carbocycles. The van der Waals surface area contributed by atoms with Gasteiger partial charge < -0.3 is 4.55 Å². The van der Waals surface area contributed by atoms with Gasteiger partial charge in [-0.05, 0) is 49.2 Å². The van der Waals surface area contributed by atoms with Crippen LogP contribution in [0.1, 0.15) is 42.5 Å². The number of hydrogen-bond donors (Lipinski definition) is 0. The number of nitriles is 1. The zero-order valence-corrected chi connectivity index (χ0v) is 18.2. The Morgan fingerprint density at radius 3 is 2.45 bits per heavy atom. The lowest BCUT2D eigenvalue weighted by Gasteiger charge is -2.40. The number of hydrogen-bond acceptors (Lipinski definition) is 4. The van der Waals surface area contributed by atoms with Crippen LogP contribution in [-0.2, 0) is 22.3 Å². The number of allylic oxidation sites excluding steroid dienone is 1. The van der Waals surface area contributed by atoms with Crippen LogP contribution in [0.4, 0.5) is 23.7 Å². The molecule has 0 spiro atoms. The number of ketones is 1. The Balaban J connectivity index is 1.92. The third-order valence-electron chi connectivity index (χ3n) is 5.61. The number of urea groups is 1. The molecule has 170 valence electrons. The van der Waals surface area contributed by atoms with Gasteiger partial charge in [0, 0.05) is 17.7 Å². The van der Waals surface area contributed by atoms with E-state index in [4.69, 9.17) is 5.26 Å². The first-order chi connectivity index (χ1) is 15.7. The molecule has 2 aliphatic rings. The summed E-state index contributed by atoms with van der Waals surface area (Å²) in [5, 5.41) is 9.08. The second kappa shape index (κ2) is 8.57. The highest BCUT2D eigenvalue weighted by atomic mass is 32.2. The van der Waals surface area contributed by atoms with Crippen molar-refractivity contribution in [2.24, 2.45) is 0 Å². The van der Waals surface area contributed by atoms with E-state index >= 15 is 0 Å². The summed E-state index contributed by atoms with van der Waals surface area (Å²) in [6.07, 6.45) is -4.35. The van der Waals surface area contributed by atoms with Crippen molar-refractivity contribution in [3.63, 3.8) is 0 Å². The monoisotopic (exact) mass is 473 g/mol. The van der Waals surface area contributed by atoms with E-state index in [9.17, 15) is 27.3 Å². The molecule has 4 rings (SSSR count). The summed E-state index contributed by atoms with van der Waals surface area (Å²) in [6.45, 7) is 1.61. The van der Waals surface area contributed by atoms with Crippen LogP contribution in [0.5, 0.6) is 0 Å². The summed E-state index contributed by atoms with van der Waals surface area (Å²) in [7, 11) is 0. The summed E-state index contributed by atoms with van der Waals surface area (Å²) in [6, 6.07) is 10.8. The minimum absolute atomic E-state index is 0.0478. The Morgan fingerprint density at radius 2 is 1.85 bits per heavy atom. The van der Waals surface area contributed by atoms with Crippen LogP contribution < -0.4 is 4.90 Å². The maximum absolute atomic E-state index is 13.6. The lowest BCUT2D eigenvalue weighted by atomic mass is 9.94. The number of anilines is 1.